The van der Waals surface area contributed by atoms with Crippen LogP contribution in [0.5, 0.6) is 0 Å². The summed E-state index contributed by atoms with van der Waals surface area (Å²) in [5.74, 6) is -1.38. The number of carboxylic acid groups (broad SMARTS) is 2. The van der Waals surface area contributed by atoms with Crippen LogP contribution in [0.25, 0.3) is 0 Å². The van der Waals surface area contributed by atoms with Crippen molar-refractivity contribution in [3.05, 3.63) is 36.4 Å². The quantitative estimate of drug-likeness (QED) is 0.692. The predicted octanol–water partition coefficient (Wildman–Crippen LogP) is 2.23. The number of ether oxygens (including phenoxy) is 1. The number of anilines is 2. The number of benzene rings is 1. The molecular formula is C19H25N3O5. The van der Waals surface area contributed by atoms with E-state index < -0.39 is 11.9 Å². The fourth-order valence-corrected chi connectivity index (χ4v) is 2.76. The van der Waals surface area contributed by atoms with Gasteiger partial charge in [0, 0.05) is 38.2 Å². The fourth-order valence-electron chi connectivity index (χ4n) is 2.76. The summed E-state index contributed by atoms with van der Waals surface area (Å²) in [6, 6.07) is 8.49. The van der Waals surface area contributed by atoms with E-state index in [1.807, 2.05) is 0 Å². The zero-order chi connectivity index (χ0) is 19.5. The second-order valence-electron chi connectivity index (χ2n) is 6.04. The van der Waals surface area contributed by atoms with E-state index in [-0.39, 0.29) is 0 Å². The molecule has 0 unspecified atom stereocenters. The first-order chi connectivity index (χ1) is 13.1. The highest BCUT2D eigenvalue weighted by Gasteiger charge is 2.15. The summed E-state index contributed by atoms with van der Waals surface area (Å²) in [6.45, 7) is 4.52. The number of hydrogen-bond acceptors (Lipinski definition) is 6. The molecule has 146 valence electrons. The number of morpholine rings is 1. The minimum atomic E-state index is -1.26. The van der Waals surface area contributed by atoms with Gasteiger partial charge in [0.05, 0.1) is 24.6 Å². The molecule has 0 saturated carbocycles. The van der Waals surface area contributed by atoms with Gasteiger partial charge in [-0.05, 0) is 25.0 Å². The van der Waals surface area contributed by atoms with E-state index in [2.05, 4.69) is 39.5 Å². The SMILES string of the molecule is O=C(O)/C=C/C(=O)O.c1ccc(N2CCOCC2)c(NC2=NCCCC2)c1. The number of carboxylic acids is 2. The lowest BCUT2D eigenvalue weighted by Crippen LogP contribution is -2.36. The van der Waals surface area contributed by atoms with E-state index in [0.717, 1.165) is 45.1 Å². The van der Waals surface area contributed by atoms with Gasteiger partial charge in [-0.25, -0.2) is 9.59 Å². The Balaban J connectivity index is 0.000000279. The van der Waals surface area contributed by atoms with Gasteiger partial charge in [-0.3, -0.25) is 4.99 Å². The summed E-state index contributed by atoms with van der Waals surface area (Å²) < 4.78 is 5.43. The van der Waals surface area contributed by atoms with Crippen LogP contribution in [-0.4, -0.2) is 60.8 Å². The van der Waals surface area contributed by atoms with Crippen LogP contribution in [0.2, 0.25) is 0 Å². The van der Waals surface area contributed by atoms with E-state index >= 15 is 0 Å². The van der Waals surface area contributed by atoms with Crippen molar-refractivity contribution in [2.75, 3.05) is 43.1 Å². The Labute approximate surface area is 158 Å². The van der Waals surface area contributed by atoms with Gasteiger partial charge < -0.3 is 25.2 Å². The molecule has 0 aromatic heterocycles. The van der Waals surface area contributed by atoms with Crippen molar-refractivity contribution in [1.82, 2.24) is 0 Å². The lowest BCUT2D eigenvalue weighted by atomic mass is 10.1. The van der Waals surface area contributed by atoms with E-state index in [4.69, 9.17) is 14.9 Å². The molecule has 0 amide bonds. The number of aliphatic carboxylic acids is 2. The summed E-state index contributed by atoms with van der Waals surface area (Å²) in [4.78, 5) is 26.1. The minimum absolute atomic E-state index is 0.558. The maximum atomic E-state index is 9.55. The average Bonchev–Trinajstić information content (AvgIpc) is 2.69. The van der Waals surface area contributed by atoms with Crippen LogP contribution in [0.4, 0.5) is 11.4 Å². The van der Waals surface area contributed by atoms with Crippen LogP contribution >= 0.6 is 0 Å². The Hall–Kier alpha value is -2.87. The van der Waals surface area contributed by atoms with Gasteiger partial charge in [0.2, 0.25) is 0 Å². The smallest absolute Gasteiger partial charge is 0.328 e. The number of aliphatic imine (C=N–C) groups is 1. The van der Waals surface area contributed by atoms with Crippen molar-refractivity contribution >= 4 is 29.1 Å². The van der Waals surface area contributed by atoms with Gasteiger partial charge in [0.15, 0.2) is 0 Å². The Morgan fingerprint density at radius 2 is 1.74 bits per heavy atom. The number of para-hydroxylation sites is 2. The molecular weight excluding hydrogens is 350 g/mol. The van der Waals surface area contributed by atoms with Crippen LogP contribution < -0.4 is 10.2 Å². The van der Waals surface area contributed by atoms with Crippen molar-refractivity contribution in [1.29, 1.82) is 0 Å². The molecule has 0 spiro atoms. The zero-order valence-electron chi connectivity index (χ0n) is 15.1. The molecule has 1 aromatic carbocycles. The largest absolute Gasteiger partial charge is 0.478 e. The van der Waals surface area contributed by atoms with Gasteiger partial charge in [-0.1, -0.05) is 12.1 Å². The molecule has 0 aliphatic carbocycles. The molecule has 2 aliphatic rings. The summed E-state index contributed by atoms with van der Waals surface area (Å²) in [6.07, 6.45) is 4.64. The van der Waals surface area contributed by atoms with Gasteiger partial charge in [0.1, 0.15) is 5.84 Å². The lowest BCUT2D eigenvalue weighted by Gasteiger charge is -2.31. The predicted molar refractivity (Wildman–Crippen MR) is 104 cm³/mol. The first kappa shape index (κ1) is 20.4. The molecule has 1 aromatic rings. The van der Waals surface area contributed by atoms with Crippen molar-refractivity contribution < 1.29 is 24.5 Å². The number of amidine groups is 1. The number of nitrogens with one attached hydrogen (secondary N) is 1. The molecule has 8 nitrogen and oxygen atoms in total. The molecule has 3 N–H and O–H groups in total. The number of carbonyl (C=O) groups is 2. The van der Waals surface area contributed by atoms with Crippen molar-refractivity contribution in [3.8, 4) is 0 Å². The second kappa shape index (κ2) is 11.0. The van der Waals surface area contributed by atoms with Gasteiger partial charge in [0.25, 0.3) is 0 Å². The highest BCUT2D eigenvalue weighted by molar-refractivity contribution is 5.98. The standard InChI is InChI=1S/C15H21N3O.C4H4O4/c1-2-6-14(18-9-11-19-12-10-18)13(5-1)17-15-7-3-4-8-16-15;5-3(6)1-2-4(7)8/h1-2,5-6H,3-4,7-12H2,(H,16,17);1-2H,(H,5,6)(H,7,8)/b;2-1+. The third-order valence-corrected chi connectivity index (χ3v) is 4.03. The van der Waals surface area contributed by atoms with Crippen LogP contribution in [-0.2, 0) is 14.3 Å². The maximum absolute atomic E-state index is 9.55. The number of rotatable bonds is 4. The number of nitrogens with zero attached hydrogens (tertiary/aromatic N) is 2. The summed E-state index contributed by atoms with van der Waals surface area (Å²) >= 11 is 0. The van der Waals surface area contributed by atoms with Crippen LogP contribution in [0.15, 0.2) is 41.4 Å². The molecule has 2 heterocycles. The Morgan fingerprint density at radius 1 is 1.07 bits per heavy atom. The minimum Gasteiger partial charge on any atom is -0.478 e. The van der Waals surface area contributed by atoms with Gasteiger partial charge >= 0.3 is 11.9 Å². The molecule has 2 aliphatic heterocycles. The van der Waals surface area contributed by atoms with E-state index in [0.29, 0.717) is 12.2 Å². The first-order valence-electron chi connectivity index (χ1n) is 8.92. The third kappa shape index (κ3) is 7.49. The maximum Gasteiger partial charge on any atom is 0.328 e. The van der Waals surface area contributed by atoms with E-state index in [1.54, 1.807) is 0 Å². The fraction of sp³-hybridized carbons (Fsp3) is 0.421. The summed E-state index contributed by atoms with van der Waals surface area (Å²) in [5.41, 5.74) is 2.43. The van der Waals surface area contributed by atoms with Crippen molar-refractivity contribution in [3.63, 3.8) is 0 Å². The van der Waals surface area contributed by atoms with Crippen LogP contribution in [0.1, 0.15) is 19.3 Å². The third-order valence-electron chi connectivity index (χ3n) is 4.03. The molecule has 3 rings (SSSR count). The zero-order valence-corrected chi connectivity index (χ0v) is 15.1. The lowest BCUT2D eigenvalue weighted by molar-refractivity contribution is -0.134. The molecule has 27 heavy (non-hydrogen) atoms. The molecule has 0 bridgehead atoms. The van der Waals surface area contributed by atoms with Gasteiger partial charge in [-0.15, -0.1) is 0 Å². The Bertz CT molecular complexity index is 680. The normalized spacial score (nSPS) is 16.9. The highest BCUT2D eigenvalue weighted by atomic mass is 16.5. The monoisotopic (exact) mass is 375 g/mol. The van der Waals surface area contributed by atoms with Crippen molar-refractivity contribution in [2.24, 2.45) is 4.99 Å². The van der Waals surface area contributed by atoms with Gasteiger partial charge in [-0.2, -0.15) is 0 Å². The second-order valence-corrected chi connectivity index (χ2v) is 6.04. The average molecular weight is 375 g/mol. The molecule has 1 saturated heterocycles. The van der Waals surface area contributed by atoms with E-state index in [9.17, 15) is 9.59 Å². The molecule has 0 atom stereocenters. The Morgan fingerprint density at radius 3 is 2.33 bits per heavy atom. The van der Waals surface area contributed by atoms with Crippen LogP contribution in [0, 0.1) is 0 Å². The molecule has 8 heteroatoms. The number of hydrogen-bond donors (Lipinski definition) is 3. The highest BCUT2D eigenvalue weighted by Crippen LogP contribution is 2.27. The summed E-state index contributed by atoms with van der Waals surface area (Å²) in [7, 11) is 0. The van der Waals surface area contributed by atoms with E-state index in [1.165, 1.54) is 24.2 Å². The summed E-state index contributed by atoms with van der Waals surface area (Å²) in [5, 5.41) is 19.1. The molecule has 0 radical (unpaired) electrons. The van der Waals surface area contributed by atoms with Crippen molar-refractivity contribution in [2.45, 2.75) is 19.3 Å². The topological polar surface area (TPSA) is 111 Å². The Kier molecular flexibility index (Phi) is 8.31. The van der Waals surface area contributed by atoms with Crippen LogP contribution in [0.3, 0.4) is 0 Å². The first-order valence-corrected chi connectivity index (χ1v) is 8.92. The molecule has 1 fully saturated rings.